The van der Waals surface area contributed by atoms with Gasteiger partial charge in [-0.25, -0.2) is 0 Å². The van der Waals surface area contributed by atoms with E-state index in [1.807, 2.05) is 43.3 Å². The number of nitrogens with zero attached hydrogens (tertiary/aromatic N) is 1. The van der Waals surface area contributed by atoms with Crippen LogP contribution in [0.4, 0.5) is 0 Å². The third-order valence-corrected chi connectivity index (χ3v) is 4.72. The predicted molar refractivity (Wildman–Crippen MR) is 110 cm³/mol. The fourth-order valence-corrected chi connectivity index (χ4v) is 2.92. The van der Waals surface area contributed by atoms with Gasteiger partial charge in [0.25, 0.3) is 5.91 Å². The van der Waals surface area contributed by atoms with E-state index in [0.717, 1.165) is 16.9 Å². The van der Waals surface area contributed by atoms with E-state index in [4.69, 9.17) is 9.26 Å². The van der Waals surface area contributed by atoms with E-state index in [9.17, 15) is 4.79 Å². The summed E-state index contributed by atoms with van der Waals surface area (Å²) in [4.78, 5) is 12.5. The summed E-state index contributed by atoms with van der Waals surface area (Å²) in [6.45, 7) is 8.42. The number of carbonyl (C=O) groups excluding carboxylic acids is 1. The molecule has 1 N–H and O–H groups in total. The van der Waals surface area contributed by atoms with Crippen molar-refractivity contribution in [3.8, 4) is 17.1 Å². The van der Waals surface area contributed by atoms with Gasteiger partial charge < -0.3 is 14.6 Å². The number of methoxy groups -OCH3 is 1. The lowest BCUT2D eigenvalue weighted by atomic mass is 9.86. The third-order valence-electron chi connectivity index (χ3n) is 4.72. The molecule has 28 heavy (non-hydrogen) atoms. The van der Waals surface area contributed by atoms with Crippen molar-refractivity contribution in [2.45, 2.75) is 39.2 Å². The van der Waals surface area contributed by atoms with Crippen LogP contribution >= 0.6 is 0 Å². The zero-order valence-corrected chi connectivity index (χ0v) is 16.9. The van der Waals surface area contributed by atoms with Gasteiger partial charge in [-0.15, -0.1) is 0 Å². The molecule has 0 aliphatic heterocycles. The molecule has 1 aromatic heterocycles. The minimum Gasteiger partial charge on any atom is -0.497 e. The summed E-state index contributed by atoms with van der Waals surface area (Å²) >= 11 is 0. The van der Waals surface area contributed by atoms with Gasteiger partial charge in [0.1, 0.15) is 5.75 Å². The number of rotatable bonds is 5. The van der Waals surface area contributed by atoms with E-state index in [1.54, 1.807) is 13.2 Å². The second-order valence-electron chi connectivity index (χ2n) is 7.88. The van der Waals surface area contributed by atoms with Crippen LogP contribution in [0, 0.1) is 0 Å². The molecule has 2 aromatic carbocycles. The molecule has 3 rings (SSSR count). The quantitative estimate of drug-likeness (QED) is 0.668. The number of nitrogens with one attached hydrogen (secondary N) is 1. The Hall–Kier alpha value is -3.08. The standard InChI is InChI=1S/C23H26N2O3/c1-15(17-7-6-8-19(13-17)27-5)24-22(26)20-14-21(28-25-20)16-9-11-18(12-10-16)23(2,3)4/h6-15H,1-5H3,(H,24,26)/t15-/m1/s1. The van der Waals surface area contributed by atoms with Crippen LogP contribution in [-0.4, -0.2) is 18.2 Å². The van der Waals surface area contributed by atoms with Crippen molar-refractivity contribution in [2.24, 2.45) is 0 Å². The topological polar surface area (TPSA) is 64.4 Å². The molecule has 1 heterocycles. The molecule has 3 aromatic rings. The van der Waals surface area contributed by atoms with Gasteiger partial charge in [0.15, 0.2) is 11.5 Å². The van der Waals surface area contributed by atoms with Gasteiger partial charge >= 0.3 is 0 Å². The Balaban J connectivity index is 1.71. The van der Waals surface area contributed by atoms with E-state index >= 15 is 0 Å². The number of hydrogen-bond donors (Lipinski definition) is 1. The Morgan fingerprint density at radius 2 is 1.82 bits per heavy atom. The highest BCUT2D eigenvalue weighted by Gasteiger charge is 2.18. The minimum absolute atomic E-state index is 0.0846. The molecule has 0 radical (unpaired) electrons. The number of amides is 1. The van der Waals surface area contributed by atoms with Crippen LogP contribution in [0.5, 0.6) is 5.75 Å². The van der Waals surface area contributed by atoms with E-state index in [-0.39, 0.29) is 23.1 Å². The van der Waals surface area contributed by atoms with Crippen LogP contribution in [0.3, 0.4) is 0 Å². The Morgan fingerprint density at radius 1 is 1.11 bits per heavy atom. The first-order valence-corrected chi connectivity index (χ1v) is 9.30. The third kappa shape index (κ3) is 4.42. The summed E-state index contributed by atoms with van der Waals surface area (Å²) in [7, 11) is 1.62. The van der Waals surface area contributed by atoms with Crippen molar-refractivity contribution in [1.29, 1.82) is 0 Å². The zero-order chi connectivity index (χ0) is 20.3. The molecule has 0 saturated heterocycles. The molecule has 0 unspecified atom stereocenters. The number of aromatic nitrogens is 1. The van der Waals surface area contributed by atoms with Gasteiger partial charge in [-0.2, -0.15) is 0 Å². The van der Waals surface area contributed by atoms with Gasteiger partial charge in [0.2, 0.25) is 0 Å². The first-order valence-electron chi connectivity index (χ1n) is 9.30. The average Bonchev–Trinajstić information content (AvgIpc) is 3.18. The number of hydrogen-bond acceptors (Lipinski definition) is 4. The van der Waals surface area contributed by atoms with Crippen LogP contribution in [0.15, 0.2) is 59.1 Å². The maximum Gasteiger partial charge on any atom is 0.273 e. The maximum absolute atomic E-state index is 12.5. The Labute approximate surface area is 165 Å². The van der Waals surface area contributed by atoms with Gasteiger partial charge in [-0.1, -0.05) is 62.3 Å². The molecule has 0 bridgehead atoms. The van der Waals surface area contributed by atoms with E-state index in [1.165, 1.54) is 5.56 Å². The maximum atomic E-state index is 12.5. The summed E-state index contributed by atoms with van der Waals surface area (Å²) in [6, 6.07) is 17.2. The van der Waals surface area contributed by atoms with Crippen LogP contribution in [0.2, 0.25) is 0 Å². The molecule has 0 spiro atoms. The highest BCUT2D eigenvalue weighted by Crippen LogP contribution is 2.27. The number of benzene rings is 2. The van der Waals surface area contributed by atoms with Crippen LogP contribution in [-0.2, 0) is 5.41 Å². The monoisotopic (exact) mass is 378 g/mol. The van der Waals surface area contributed by atoms with Crippen LogP contribution in [0.25, 0.3) is 11.3 Å². The number of carbonyl (C=O) groups is 1. The fraction of sp³-hybridized carbons (Fsp3) is 0.304. The SMILES string of the molecule is COc1cccc([C@@H](C)NC(=O)c2cc(-c3ccc(C(C)(C)C)cc3)on2)c1. The van der Waals surface area contributed by atoms with Gasteiger partial charge in [0, 0.05) is 11.6 Å². The highest BCUT2D eigenvalue weighted by molar-refractivity contribution is 5.93. The summed E-state index contributed by atoms with van der Waals surface area (Å²) < 4.78 is 10.6. The lowest BCUT2D eigenvalue weighted by Gasteiger charge is -2.18. The number of ether oxygens (including phenoxy) is 1. The van der Waals surface area contributed by atoms with Crippen molar-refractivity contribution in [2.75, 3.05) is 7.11 Å². The van der Waals surface area contributed by atoms with Crippen LogP contribution < -0.4 is 10.1 Å². The van der Waals surface area contributed by atoms with Gasteiger partial charge in [-0.05, 0) is 35.6 Å². The first-order chi connectivity index (χ1) is 13.3. The van der Waals surface area contributed by atoms with Crippen molar-refractivity contribution < 1.29 is 14.1 Å². The molecule has 1 atom stereocenters. The normalized spacial score (nSPS) is 12.5. The Bertz CT molecular complexity index is 952. The van der Waals surface area contributed by atoms with Crippen molar-refractivity contribution in [1.82, 2.24) is 10.5 Å². The molecule has 0 aliphatic carbocycles. The average molecular weight is 378 g/mol. The van der Waals surface area contributed by atoms with E-state index < -0.39 is 0 Å². The van der Waals surface area contributed by atoms with Crippen molar-refractivity contribution in [3.05, 3.63) is 71.4 Å². The highest BCUT2D eigenvalue weighted by atomic mass is 16.5. The van der Waals surface area contributed by atoms with Gasteiger partial charge in [0.05, 0.1) is 13.2 Å². The Kier molecular flexibility index (Phi) is 5.54. The second-order valence-corrected chi connectivity index (χ2v) is 7.88. The molecular formula is C23H26N2O3. The smallest absolute Gasteiger partial charge is 0.273 e. The zero-order valence-electron chi connectivity index (χ0n) is 16.9. The summed E-state index contributed by atoms with van der Waals surface area (Å²) in [6.07, 6.45) is 0. The Morgan fingerprint density at radius 3 is 2.46 bits per heavy atom. The minimum atomic E-state index is -0.281. The molecule has 0 fully saturated rings. The molecule has 5 nitrogen and oxygen atoms in total. The molecule has 0 aliphatic rings. The largest absolute Gasteiger partial charge is 0.497 e. The van der Waals surface area contributed by atoms with Crippen LogP contribution in [0.1, 0.15) is 55.4 Å². The predicted octanol–water partition coefficient (Wildman–Crippen LogP) is 5.14. The first kappa shape index (κ1) is 19.7. The molecule has 1 amide bonds. The lowest BCUT2D eigenvalue weighted by molar-refractivity contribution is 0.0930. The van der Waals surface area contributed by atoms with Crippen molar-refractivity contribution in [3.63, 3.8) is 0 Å². The van der Waals surface area contributed by atoms with E-state index in [2.05, 4.69) is 43.4 Å². The van der Waals surface area contributed by atoms with Crippen molar-refractivity contribution >= 4 is 5.91 Å². The summed E-state index contributed by atoms with van der Waals surface area (Å²) in [5.74, 6) is 1.04. The molecule has 0 saturated carbocycles. The van der Waals surface area contributed by atoms with Gasteiger partial charge in [-0.3, -0.25) is 4.79 Å². The fourth-order valence-electron chi connectivity index (χ4n) is 2.92. The molecule has 146 valence electrons. The second kappa shape index (κ2) is 7.89. The lowest BCUT2D eigenvalue weighted by Crippen LogP contribution is -2.26. The summed E-state index contributed by atoms with van der Waals surface area (Å²) in [5.41, 5.74) is 3.42. The molecule has 5 heteroatoms. The van der Waals surface area contributed by atoms with E-state index in [0.29, 0.717) is 5.76 Å². The molecular weight excluding hydrogens is 352 g/mol. The summed E-state index contributed by atoms with van der Waals surface area (Å²) in [5, 5.41) is 6.87.